The Morgan fingerprint density at radius 2 is 1.93 bits per heavy atom. The summed E-state index contributed by atoms with van der Waals surface area (Å²) in [5.41, 5.74) is 1.79. The summed E-state index contributed by atoms with van der Waals surface area (Å²) in [5.74, 6) is 4.63. The van der Waals surface area contributed by atoms with Crippen LogP contribution in [0.5, 0.6) is 0 Å². The SMILES string of the molecule is COC(O)C1(c2ccc3cc(C#Cc4onc(C)c4C(=O)O)ccc3c2)CC1. The minimum atomic E-state index is -1.11. The third-order valence-corrected chi connectivity index (χ3v) is 5.30. The molecule has 1 unspecified atom stereocenters. The molecule has 142 valence electrons. The molecule has 0 aliphatic heterocycles. The highest BCUT2D eigenvalue weighted by Crippen LogP contribution is 2.51. The summed E-state index contributed by atoms with van der Waals surface area (Å²) in [5, 5.41) is 25.1. The minimum Gasteiger partial charge on any atom is -0.477 e. The van der Waals surface area contributed by atoms with Crippen LogP contribution in [0.3, 0.4) is 0 Å². The summed E-state index contributed by atoms with van der Waals surface area (Å²) in [4.78, 5) is 11.3. The summed E-state index contributed by atoms with van der Waals surface area (Å²) in [6, 6.07) is 11.8. The number of aryl methyl sites for hydroxylation is 1. The predicted molar refractivity (Wildman–Crippen MR) is 102 cm³/mol. The highest BCUT2D eigenvalue weighted by molar-refractivity contribution is 5.91. The Morgan fingerprint density at radius 1 is 1.21 bits per heavy atom. The van der Waals surface area contributed by atoms with E-state index in [0.717, 1.165) is 34.7 Å². The molecule has 1 aliphatic rings. The first-order valence-corrected chi connectivity index (χ1v) is 8.91. The third kappa shape index (κ3) is 3.05. The van der Waals surface area contributed by atoms with Gasteiger partial charge >= 0.3 is 5.97 Å². The summed E-state index contributed by atoms with van der Waals surface area (Å²) in [7, 11) is 1.52. The lowest BCUT2D eigenvalue weighted by Crippen LogP contribution is -2.27. The minimum absolute atomic E-state index is 0.00985. The highest BCUT2D eigenvalue weighted by Gasteiger charge is 2.51. The maximum absolute atomic E-state index is 11.3. The van der Waals surface area contributed by atoms with Crippen molar-refractivity contribution in [2.24, 2.45) is 0 Å². The normalized spacial score (nSPS) is 15.7. The molecule has 0 saturated heterocycles. The molecule has 2 N–H and O–H groups in total. The average Bonchev–Trinajstić information content (AvgIpc) is 3.42. The van der Waals surface area contributed by atoms with Crippen molar-refractivity contribution in [1.29, 1.82) is 0 Å². The van der Waals surface area contributed by atoms with Gasteiger partial charge in [0.2, 0.25) is 5.76 Å². The lowest BCUT2D eigenvalue weighted by atomic mass is 9.92. The summed E-state index contributed by atoms with van der Waals surface area (Å²) < 4.78 is 10.2. The molecular formula is C22H19NO5. The van der Waals surface area contributed by atoms with E-state index in [1.54, 1.807) is 6.92 Å². The van der Waals surface area contributed by atoms with Gasteiger partial charge in [0.1, 0.15) is 5.56 Å². The number of nitrogens with zero attached hydrogens (tertiary/aromatic N) is 1. The van der Waals surface area contributed by atoms with Gasteiger partial charge in [-0.3, -0.25) is 0 Å². The van der Waals surface area contributed by atoms with E-state index in [0.29, 0.717) is 5.69 Å². The lowest BCUT2D eigenvalue weighted by molar-refractivity contribution is -0.0997. The van der Waals surface area contributed by atoms with Gasteiger partial charge < -0.3 is 19.5 Å². The second-order valence-electron chi connectivity index (χ2n) is 7.05. The lowest BCUT2D eigenvalue weighted by Gasteiger charge is -2.21. The van der Waals surface area contributed by atoms with Crippen molar-refractivity contribution in [2.75, 3.05) is 7.11 Å². The van der Waals surface area contributed by atoms with Crippen LogP contribution >= 0.6 is 0 Å². The van der Waals surface area contributed by atoms with Crippen LogP contribution in [-0.2, 0) is 10.2 Å². The molecule has 1 atom stereocenters. The van der Waals surface area contributed by atoms with Gasteiger partial charge in [0.25, 0.3) is 0 Å². The number of benzene rings is 2. The number of carboxylic acids is 1. The van der Waals surface area contributed by atoms with Crippen LogP contribution in [0.4, 0.5) is 0 Å². The van der Waals surface area contributed by atoms with Crippen LogP contribution in [0.25, 0.3) is 10.8 Å². The topological polar surface area (TPSA) is 92.8 Å². The molecule has 3 aromatic rings. The van der Waals surface area contributed by atoms with E-state index >= 15 is 0 Å². The molecule has 0 radical (unpaired) electrons. The first kappa shape index (κ1) is 18.2. The third-order valence-electron chi connectivity index (χ3n) is 5.30. The fourth-order valence-corrected chi connectivity index (χ4v) is 3.51. The van der Waals surface area contributed by atoms with Crippen LogP contribution in [0.1, 0.15) is 45.8 Å². The van der Waals surface area contributed by atoms with Gasteiger partial charge in [0.15, 0.2) is 6.29 Å². The van der Waals surface area contributed by atoms with Crippen molar-refractivity contribution in [3.8, 4) is 11.8 Å². The first-order chi connectivity index (χ1) is 13.4. The number of aliphatic hydroxyl groups excluding tert-OH is 1. The maximum Gasteiger partial charge on any atom is 0.342 e. The van der Waals surface area contributed by atoms with Crippen LogP contribution < -0.4 is 0 Å². The molecule has 0 bridgehead atoms. The Balaban J connectivity index is 1.66. The van der Waals surface area contributed by atoms with Crippen molar-refractivity contribution < 1.29 is 24.3 Å². The Hall–Kier alpha value is -3.14. The number of methoxy groups -OCH3 is 1. The number of fused-ring (bicyclic) bond motifs is 1. The van der Waals surface area contributed by atoms with Gasteiger partial charge in [-0.25, -0.2) is 4.79 Å². The molecule has 6 heteroatoms. The smallest absolute Gasteiger partial charge is 0.342 e. The largest absolute Gasteiger partial charge is 0.477 e. The van der Waals surface area contributed by atoms with E-state index in [1.807, 2.05) is 30.3 Å². The molecule has 1 fully saturated rings. The van der Waals surface area contributed by atoms with E-state index in [2.05, 4.69) is 23.1 Å². The van der Waals surface area contributed by atoms with Crippen LogP contribution in [0, 0.1) is 18.8 Å². The zero-order valence-electron chi connectivity index (χ0n) is 15.5. The Kier molecular flexibility index (Phi) is 4.42. The number of aliphatic hydroxyl groups is 1. The summed E-state index contributed by atoms with van der Waals surface area (Å²) in [6.07, 6.45) is 1.00. The molecule has 1 saturated carbocycles. The zero-order chi connectivity index (χ0) is 19.9. The number of hydrogen-bond donors (Lipinski definition) is 2. The van der Waals surface area contributed by atoms with E-state index in [1.165, 1.54) is 7.11 Å². The van der Waals surface area contributed by atoms with Crippen LogP contribution in [-0.4, -0.2) is 34.7 Å². The Bertz CT molecular complexity index is 1130. The van der Waals surface area contributed by atoms with Crippen LogP contribution in [0.15, 0.2) is 40.9 Å². The molecule has 1 heterocycles. The van der Waals surface area contributed by atoms with Crippen molar-refractivity contribution >= 4 is 16.7 Å². The van der Waals surface area contributed by atoms with E-state index in [4.69, 9.17) is 9.26 Å². The number of ether oxygens (including phenoxy) is 1. The summed E-state index contributed by atoms with van der Waals surface area (Å²) in [6.45, 7) is 1.57. The second kappa shape index (κ2) is 6.79. The van der Waals surface area contributed by atoms with E-state index in [-0.39, 0.29) is 16.7 Å². The number of carboxylic acid groups (broad SMARTS) is 1. The van der Waals surface area contributed by atoms with Gasteiger partial charge in [0, 0.05) is 18.1 Å². The average molecular weight is 377 g/mol. The molecule has 2 aromatic carbocycles. The van der Waals surface area contributed by atoms with Gasteiger partial charge in [0.05, 0.1) is 5.69 Å². The Labute approximate surface area is 161 Å². The number of hydrogen-bond acceptors (Lipinski definition) is 5. The molecule has 0 amide bonds. The number of carbonyl (C=O) groups is 1. The fourth-order valence-electron chi connectivity index (χ4n) is 3.51. The molecule has 0 spiro atoms. The highest BCUT2D eigenvalue weighted by atomic mass is 16.6. The van der Waals surface area contributed by atoms with Gasteiger partial charge in [-0.2, -0.15) is 0 Å². The fraction of sp³-hybridized carbons (Fsp3) is 0.273. The van der Waals surface area contributed by atoms with Crippen molar-refractivity contribution in [3.05, 3.63) is 64.5 Å². The predicted octanol–water partition coefficient (Wildman–Crippen LogP) is 3.23. The number of aromatic nitrogens is 1. The van der Waals surface area contributed by atoms with Crippen molar-refractivity contribution in [1.82, 2.24) is 5.16 Å². The molecule has 1 aromatic heterocycles. The van der Waals surface area contributed by atoms with E-state index in [9.17, 15) is 15.0 Å². The molecular weight excluding hydrogens is 358 g/mol. The monoisotopic (exact) mass is 377 g/mol. The maximum atomic E-state index is 11.3. The summed E-state index contributed by atoms with van der Waals surface area (Å²) >= 11 is 0. The molecule has 28 heavy (non-hydrogen) atoms. The van der Waals surface area contributed by atoms with Crippen LogP contribution in [0.2, 0.25) is 0 Å². The van der Waals surface area contributed by atoms with Crippen molar-refractivity contribution in [2.45, 2.75) is 31.5 Å². The number of aromatic carboxylic acids is 1. The Morgan fingerprint density at radius 3 is 2.61 bits per heavy atom. The quantitative estimate of drug-likeness (QED) is 0.536. The van der Waals surface area contributed by atoms with Gasteiger partial charge in [-0.15, -0.1) is 0 Å². The molecule has 4 rings (SSSR count). The second-order valence-corrected chi connectivity index (χ2v) is 7.05. The van der Waals surface area contributed by atoms with Gasteiger partial charge in [-0.05, 0) is 54.2 Å². The van der Waals surface area contributed by atoms with Gasteiger partial charge in [-0.1, -0.05) is 35.3 Å². The van der Waals surface area contributed by atoms with Crippen molar-refractivity contribution in [3.63, 3.8) is 0 Å². The molecule has 1 aliphatic carbocycles. The molecule has 6 nitrogen and oxygen atoms in total. The standard InChI is InChI=1S/C22H19NO5/c1-13-19(20(24)25)18(28-23-13)8-4-14-3-5-16-12-17(7-6-15(16)11-14)22(9-10-22)21(26)27-2/h3,5-7,11-12,21,26H,9-10H2,1-2H3,(H,24,25). The first-order valence-electron chi connectivity index (χ1n) is 8.91. The van der Waals surface area contributed by atoms with E-state index < -0.39 is 12.3 Å². The zero-order valence-corrected chi connectivity index (χ0v) is 15.5. The number of rotatable bonds is 4.